The first-order valence-electron chi connectivity index (χ1n) is 23.1. The maximum Gasteiger partial charge on any atom is 0.0465 e. The van der Waals surface area contributed by atoms with Crippen LogP contribution < -0.4 is 9.80 Å². The summed E-state index contributed by atoms with van der Waals surface area (Å²) in [6.45, 7) is 4.80. The van der Waals surface area contributed by atoms with Crippen LogP contribution >= 0.6 is 0 Å². The Labute approximate surface area is 384 Å². The third kappa shape index (κ3) is 7.76. The van der Waals surface area contributed by atoms with Crippen molar-refractivity contribution in [3.8, 4) is 44.5 Å². The van der Waals surface area contributed by atoms with Crippen molar-refractivity contribution in [2.75, 3.05) is 9.80 Å². The highest BCUT2D eigenvalue weighted by atomic mass is 15.2. The summed E-state index contributed by atoms with van der Waals surface area (Å²) in [7, 11) is 0. The van der Waals surface area contributed by atoms with Crippen molar-refractivity contribution in [3.63, 3.8) is 0 Å². The van der Waals surface area contributed by atoms with E-state index in [1.807, 2.05) is 0 Å². The van der Waals surface area contributed by atoms with Crippen molar-refractivity contribution >= 4 is 28.4 Å². The molecule has 3 aliphatic rings. The molecular formula is C63H52N2. The molecule has 0 unspecified atom stereocenters. The first-order chi connectivity index (χ1) is 32.0. The summed E-state index contributed by atoms with van der Waals surface area (Å²) in [6, 6.07) is 73.4. The molecule has 65 heavy (non-hydrogen) atoms. The van der Waals surface area contributed by atoms with Crippen LogP contribution in [0.2, 0.25) is 0 Å². The molecule has 0 radical (unpaired) electrons. The maximum atomic E-state index is 2.50. The van der Waals surface area contributed by atoms with Gasteiger partial charge in [0.15, 0.2) is 0 Å². The Morgan fingerprint density at radius 1 is 0.354 bits per heavy atom. The molecule has 314 valence electrons. The highest BCUT2D eigenvalue weighted by Gasteiger charge is 2.37. The third-order valence-corrected chi connectivity index (χ3v) is 13.7. The highest BCUT2D eigenvalue weighted by Crippen LogP contribution is 2.52. The zero-order valence-electron chi connectivity index (χ0n) is 37.2. The topological polar surface area (TPSA) is 6.48 Å². The first kappa shape index (κ1) is 40.1. The Balaban J connectivity index is 0.973. The lowest BCUT2D eigenvalue weighted by atomic mass is 9.82. The molecule has 2 nitrogen and oxygen atoms in total. The first-order valence-corrected chi connectivity index (χ1v) is 23.1. The molecule has 0 fully saturated rings. The number of hydrogen-bond acceptors (Lipinski definition) is 2. The fourth-order valence-electron chi connectivity index (χ4n) is 10.2. The third-order valence-electron chi connectivity index (χ3n) is 13.7. The molecule has 3 aliphatic carbocycles. The van der Waals surface area contributed by atoms with Gasteiger partial charge in [-0.2, -0.15) is 0 Å². The van der Waals surface area contributed by atoms with E-state index in [9.17, 15) is 0 Å². The summed E-state index contributed by atoms with van der Waals surface area (Å²) in [5.74, 6) is 0. The van der Waals surface area contributed by atoms with Crippen molar-refractivity contribution in [2.24, 2.45) is 0 Å². The van der Waals surface area contributed by atoms with Gasteiger partial charge in [0.2, 0.25) is 0 Å². The fraction of sp³-hybridized carbons (Fsp3) is 0.111. The van der Waals surface area contributed by atoms with E-state index in [0.29, 0.717) is 0 Å². The average Bonchev–Trinajstić information content (AvgIpc) is 3.60. The number of rotatable bonds is 10. The van der Waals surface area contributed by atoms with Gasteiger partial charge in [-0.25, -0.2) is 0 Å². The minimum atomic E-state index is -0.242. The second-order valence-corrected chi connectivity index (χ2v) is 18.0. The van der Waals surface area contributed by atoms with Crippen LogP contribution in [0.25, 0.3) is 44.5 Å². The van der Waals surface area contributed by atoms with Gasteiger partial charge < -0.3 is 9.80 Å². The van der Waals surface area contributed by atoms with Gasteiger partial charge in [0.05, 0.1) is 0 Å². The molecule has 0 heterocycles. The molecule has 0 bridgehead atoms. The van der Waals surface area contributed by atoms with Crippen molar-refractivity contribution in [1.82, 2.24) is 0 Å². The predicted octanol–water partition coefficient (Wildman–Crippen LogP) is 17.5. The summed E-state index contributed by atoms with van der Waals surface area (Å²) in [6.07, 6.45) is 15.8. The normalized spacial score (nSPS) is 14.7. The van der Waals surface area contributed by atoms with Crippen molar-refractivity contribution < 1.29 is 0 Å². The summed E-state index contributed by atoms with van der Waals surface area (Å²) in [4.78, 5) is 4.91. The van der Waals surface area contributed by atoms with Crippen LogP contribution in [-0.4, -0.2) is 0 Å². The van der Waals surface area contributed by atoms with Crippen molar-refractivity contribution in [1.29, 1.82) is 0 Å². The number of hydrogen-bond donors (Lipinski definition) is 0. The second kappa shape index (κ2) is 17.1. The molecule has 8 aromatic carbocycles. The molecule has 11 rings (SSSR count). The summed E-state index contributed by atoms with van der Waals surface area (Å²) >= 11 is 0. The second-order valence-electron chi connectivity index (χ2n) is 18.0. The fourth-order valence-corrected chi connectivity index (χ4v) is 10.2. The van der Waals surface area contributed by atoms with E-state index in [1.165, 1.54) is 83.9 Å². The van der Waals surface area contributed by atoms with E-state index in [0.717, 1.165) is 42.7 Å². The van der Waals surface area contributed by atoms with E-state index < -0.39 is 0 Å². The molecule has 0 aliphatic heterocycles. The summed E-state index contributed by atoms with van der Waals surface area (Å²) < 4.78 is 0. The van der Waals surface area contributed by atoms with Crippen LogP contribution in [0.4, 0.5) is 28.4 Å². The average molecular weight is 837 g/mol. The van der Waals surface area contributed by atoms with Crippen LogP contribution in [-0.2, 0) is 5.41 Å². The van der Waals surface area contributed by atoms with E-state index in [-0.39, 0.29) is 5.41 Å². The van der Waals surface area contributed by atoms with Gasteiger partial charge in [-0.1, -0.05) is 178 Å². The summed E-state index contributed by atoms with van der Waals surface area (Å²) in [5.41, 5.74) is 22.4. The quantitative estimate of drug-likeness (QED) is 0.135. The Hall–Kier alpha value is -7.68. The number of anilines is 5. The Bertz CT molecular complexity index is 3030. The molecule has 0 saturated carbocycles. The minimum absolute atomic E-state index is 0.242. The number of benzene rings is 8. The van der Waals surface area contributed by atoms with Gasteiger partial charge in [0, 0.05) is 39.5 Å². The number of allylic oxidation sites excluding steroid dienone is 8. The molecule has 0 saturated heterocycles. The smallest absolute Gasteiger partial charge is 0.0465 e. The monoisotopic (exact) mass is 836 g/mol. The number of fused-ring (bicyclic) bond motifs is 3. The van der Waals surface area contributed by atoms with Crippen molar-refractivity contribution in [2.45, 2.75) is 44.9 Å². The van der Waals surface area contributed by atoms with Gasteiger partial charge in [-0.15, -0.1) is 0 Å². The van der Waals surface area contributed by atoms with Gasteiger partial charge in [0.1, 0.15) is 0 Å². The lowest BCUT2D eigenvalue weighted by molar-refractivity contribution is 0.660. The molecule has 0 aromatic heterocycles. The maximum absolute atomic E-state index is 2.50. The Morgan fingerprint density at radius 3 is 1.17 bits per heavy atom. The molecule has 0 atom stereocenters. The standard InChI is InChI=1S/C63H52N2/c1-63(2)61-43-57(64(53-31-23-49(24-32-53)45-15-7-3-8-16-45)54-33-25-50(26-34-54)46-17-9-4-10-18-46)39-41-59(61)60-42-40-58(44-62(60)63)65(55-35-27-51(28-36-55)47-19-11-5-12-20-47)56-37-29-52(30-38-56)48-21-13-6-14-22-48/h3-13,15-21,23-29,31-37,39-44H,14,22,30,38H2,1-2H3. The predicted molar refractivity (Wildman–Crippen MR) is 275 cm³/mol. The number of nitrogens with zero attached hydrogens (tertiary/aromatic N) is 2. The van der Waals surface area contributed by atoms with Crippen LogP contribution in [0.3, 0.4) is 0 Å². The largest absolute Gasteiger partial charge is 0.314 e. The molecule has 8 aromatic rings. The van der Waals surface area contributed by atoms with Crippen molar-refractivity contribution in [3.05, 3.63) is 259 Å². The van der Waals surface area contributed by atoms with Gasteiger partial charge in [-0.3, -0.25) is 0 Å². The molecule has 0 spiro atoms. The SMILES string of the molecule is CC1(C)c2cc(N(C3=CC=C(C4=CC=CCC4)CC3)c3ccc(-c4ccccc4)cc3)ccc2-c2ccc(N(c3ccc(-c4ccccc4)cc3)c3ccc(-c4ccccc4)cc3)cc21. The van der Waals surface area contributed by atoms with Crippen LogP contribution in [0.15, 0.2) is 247 Å². The van der Waals surface area contributed by atoms with Crippen LogP contribution in [0.5, 0.6) is 0 Å². The van der Waals surface area contributed by atoms with Gasteiger partial charge in [0.25, 0.3) is 0 Å². The zero-order valence-corrected chi connectivity index (χ0v) is 37.2. The lowest BCUT2D eigenvalue weighted by Crippen LogP contribution is -2.20. The van der Waals surface area contributed by atoms with Crippen LogP contribution in [0.1, 0.15) is 50.7 Å². The molecule has 0 N–H and O–H groups in total. The van der Waals surface area contributed by atoms with E-state index >= 15 is 0 Å². The Kier molecular flexibility index (Phi) is 10.6. The van der Waals surface area contributed by atoms with Gasteiger partial charge >= 0.3 is 0 Å². The molecule has 0 amide bonds. The minimum Gasteiger partial charge on any atom is -0.314 e. The molecule has 2 heteroatoms. The van der Waals surface area contributed by atoms with E-state index in [4.69, 9.17) is 0 Å². The van der Waals surface area contributed by atoms with Gasteiger partial charge in [-0.05, 0) is 159 Å². The van der Waals surface area contributed by atoms with E-state index in [2.05, 4.69) is 254 Å². The van der Waals surface area contributed by atoms with E-state index in [1.54, 1.807) is 0 Å². The van der Waals surface area contributed by atoms with Crippen LogP contribution in [0, 0.1) is 0 Å². The lowest BCUT2D eigenvalue weighted by Gasteiger charge is -2.32. The highest BCUT2D eigenvalue weighted by molar-refractivity contribution is 5.88. The summed E-state index contributed by atoms with van der Waals surface area (Å²) in [5, 5.41) is 0. The zero-order chi connectivity index (χ0) is 43.7. The Morgan fingerprint density at radius 2 is 0.754 bits per heavy atom. The molecular weight excluding hydrogens is 785 g/mol.